The number of carboxylic acid groups (broad SMARTS) is 1. The Morgan fingerprint density at radius 1 is 1.07 bits per heavy atom. The van der Waals surface area contributed by atoms with Crippen LogP contribution < -0.4 is 10.6 Å². The maximum absolute atomic E-state index is 11.9. The number of aromatic nitrogens is 2. The average Bonchev–Trinajstić information content (AvgIpc) is 3.08. The smallest absolute Gasteiger partial charge is 0.319 e. The van der Waals surface area contributed by atoms with Crippen molar-refractivity contribution in [3.05, 3.63) is 42.7 Å². The molecule has 0 unspecified atom stereocenters. The molecule has 3 aromatic rings. The normalized spacial score (nSPS) is 10.7. The zero-order valence-corrected chi connectivity index (χ0v) is 14.6. The Hall–Kier alpha value is -3.42. The molecule has 3 N–H and O–H groups in total. The minimum atomic E-state index is -0.796. The van der Waals surface area contributed by atoms with Gasteiger partial charge >= 0.3 is 12.0 Å². The molecule has 8 nitrogen and oxygen atoms in total. The summed E-state index contributed by atoms with van der Waals surface area (Å²) in [5.41, 5.74) is 2.71. The second-order valence-corrected chi connectivity index (χ2v) is 6.02. The Morgan fingerprint density at radius 3 is 2.67 bits per heavy atom. The summed E-state index contributed by atoms with van der Waals surface area (Å²) in [5.74, 6) is -0.300. The Bertz CT molecular complexity index is 924. The molecule has 2 amide bonds. The first-order valence-electron chi connectivity index (χ1n) is 8.69. The van der Waals surface area contributed by atoms with E-state index in [-0.39, 0.29) is 12.5 Å². The second-order valence-electron chi connectivity index (χ2n) is 6.02. The van der Waals surface area contributed by atoms with Crippen LogP contribution in [0.15, 0.2) is 47.1 Å². The van der Waals surface area contributed by atoms with E-state index < -0.39 is 5.97 Å². The third-order valence-electron chi connectivity index (χ3n) is 3.93. The highest BCUT2D eigenvalue weighted by Gasteiger charge is 2.09. The van der Waals surface area contributed by atoms with E-state index in [1.165, 1.54) is 0 Å². The first kappa shape index (κ1) is 18.4. The van der Waals surface area contributed by atoms with E-state index in [1.54, 1.807) is 30.6 Å². The van der Waals surface area contributed by atoms with E-state index in [0.717, 1.165) is 18.4 Å². The van der Waals surface area contributed by atoms with Crippen molar-refractivity contribution in [2.24, 2.45) is 0 Å². The second kappa shape index (κ2) is 8.79. The lowest BCUT2D eigenvalue weighted by atomic mass is 10.2. The fraction of sp³-hybridized carbons (Fsp3) is 0.263. The summed E-state index contributed by atoms with van der Waals surface area (Å²) in [6.07, 6.45) is 5.60. The molecule has 0 fully saturated rings. The summed E-state index contributed by atoms with van der Waals surface area (Å²) in [7, 11) is 0. The van der Waals surface area contributed by atoms with Gasteiger partial charge < -0.3 is 20.2 Å². The molecule has 2 heterocycles. The van der Waals surface area contributed by atoms with Gasteiger partial charge in [-0.2, -0.15) is 0 Å². The van der Waals surface area contributed by atoms with Crippen LogP contribution in [0.1, 0.15) is 25.7 Å². The van der Waals surface area contributed by atoms with Crippen molar-refractivity contribution < 1.29 is 19.1 Å². The summed E-state index contributed by atoms with van der Waals surface area (Å²) in [6, 6.07) is 8.57. The van der Waals surface area contributed by atoms with Gasteiger partial charge in [0.1, 0.15) is 5.52 Å². The number of fused-ring (bicyclic) bond motifs is 1. The number of anilines is 1. The number of pyridine rings is 1. The molecular weight excluding hydrogens is 348 g/mol. The lowest BCUT2D eigenvalue weighted by molar-refractivity contribution is -0.137. The van der Waals surface area contributed by atoms with Crippen molar-refractivity contribution in [2.75, 3.05) is 11.9 Å². The molecule has 2 aromatic heterocycles. The van der Waals surface area contributed by atoms with Crippen LogP contribution >= 0.6 is 0 Å². The SMILES string of the molecule is O=C(O)CCCCCNC(=O)Nc1ccc2nc(-c3ccncc3)oc2c1. The number of nitrogens with zero attached hydrogens (tertiary/aromatic N) is 2. The van der Waals surface area contributed by atoms with Crippen molar-refractivity contribution in [1.82, 2.24) is 15.3 Å². The first-order valence-corrected chi connectivity index (χ1v) is 8.69. The highest BCUT2D eigenvalue weighted by molar-refractivity contribution is 5.91. The summed E-state index contributed by atoms with van der Waals surface area (Å²) >= 11 is 0. The predicted octanol–water partition coefficient (Wildman–Crippen LogP) is 3.66. The van der Waals surface area contributed by atoms with Crippen LogP contribution in [0.3, 0.4) is 0 Å². The molecule has 0 saturated heterocycles. The molecule has 0 atom stereocenters. The number of aliphatic carboxylic acids is 1. The number of oxazole rings is 1. The summed E-state index contributed by atoms with van der Waals surface area (Å²) < 4.78 is 5.76. The topological polar surface area (TPSA) is 117 Å². The zero-order valence-electron chi connectivity index (χ0n) is 14.6. The molecule has 0 bridgehead atoms. The quantitative estimate of drug-likeness (QED) is 0.522. The summed E-state index contributed by atoms with van der Waals surface area (Å²) in [4.78, 5) is 30.8. The van der Waals surface area contributed by atoms with Crippen LogP contribution in [0.2, 0.25) is 0 Å². The first-order chi connectivity index (χ1) is 13.1. The Kier molecular flexibility index (Phi) is 5.98. The highest BCUT2D eigenvalue weighted by atomic mass is 16.4. The van der Waals surface area contributed by atoms with Crippen LogP contribution in [0.4, 0.5) is 10.5 Å². The monoisotopic (exact) mass is 368 g/mol. The van der Waals surface area contributed by atoms with E-state index in [2.05, 4.69) is 20.6 Å². The number of unbranched alkanes of at least 4 members (excludes halogenated alkanes) is 2. The average molecular weight is 368 g/mol. The van der Waals surface area contributed by atoms with Crippen LogP contribution in [0.25, 0.3) is 22.6 Å². The number of benzene rings is 1. The van der Waals surface area contributed by atoms with Gasteiger partial charge in [0.15, 0.2) is 5.58 Å². The van der Waals surface area contributed by atoms with Gasteiger partial charge in [-0.15, -0.1) is 0 Å². The Balaban J connectivity index is 1.53. The predicted molar refractivity (Wildman–Crippen MR) is 100 cm³/mol. The third-order valence-corrected chi connectivity index (χ3v) is 3.93. The largest absolute Gasteiger partial charge is 0.481 e. The molecule has 0 aliphatic heterocycles. The minimum Gasteiger partial charge on any atom is -0.481 e. The summed E-state index contributed by atoms with van der Waals surface area (Å²) in [6.45, 7) is 0.488. The van der Waals surface area contributed by atoms with Crippen molar-refractivity contribution in [3.8, 4) is 11.5 Å². The van der Waals surface area contributed by atoms with Crippen LogP contribution in [-0.2, 0) is 4.79 Å². The molecule has 140 valence electrons. The van der Waals surface area contributed by atoms with E-state index >= 15 is 0 Å². The maximum atomic E-state index is 11.9. The number of hydrogen-bond acceptors (Lipinski definition) is 5. The fourth-order valence-electron chi connectivity index (χ4n) is 2.58. The van der Waals surface area contributed by atoms with Crippen molar-refractivity contribution in [3.63, 3.8) is 0 Å². The zero-order chi connectivity index (χ0) is 19.1. The summed E-state index contributed by atoms with van der Waals surface area (Å²) in [5, 5.41) is 14.1. The number of amides is 2. The van der Waals surface area contributed by atoms with Crippen LogP contribution in [0, 0.1) is 0 Å². The van der Waals surface area contributed by atoms with Gasteiger partial charge in [-0.1, -0.05) is 6.42 Å². The molecule has 1 aromatic carbocycles. The van der Waals surface area contributed by atoms with Crippen molar-refractivity contribution >= 4 is 28.8 Å². The van der Waals surface area contributed by atoms with Crippen molar-refractivity contribution in [1.29, 1.82) is 0 Å². The number of carbonyl (C=O) groups is 2. The minimum absolute atomic E-state index is 0.158. The van der Waals surface area contributed by atoms with Gasteiger partial charge in [-0.3, -0.25) is 9.78 Å². The third kappa shape index (κ3) is 5.27. The van der Waals surface area contributed by atoms with Crippen LogP contribution in [-0.4, -0.2) is 33.6 Å². The molecule has 3 rings (SSSR count). The number of urea groups is 1. The molecule has 0 saturated carbocycles. The number of carboxylic acids is 1. The van der Waals surface area contributed by atoms with E-state index in [9.17, 15) is 9.59 Å². The molecule has 27 heavy (non-hydrogen) atoms. The molecule has 8 heteroatoms. The van der Waals surface area contributed by atoms with Crippen molar-refractivity contribution in [2.45, 2.75) is 25.7 Å². The van der Waals surface area contributed by atoms with Gasteiger partial charge in [-0.25, -0.2) is 9.78 Å². The van der Waals surface area contributed by atoms with Gasteiger partial charge in [0.05, 0.1) is 0 Å². The Labute approximate surface area is 155 Å². The lowest BCUT2D eigenvalue weighted by Gasteiger charge is -2.07. The molecule has 0 aliphatic carbocycles. The Morgan fingerprint density at radius 2 is 1.89 bits per heavy atom. The molecule has 0 aliphatic rings. The van der Waals surface area contributed by atoms with E-state index in [4.69, 9.17) is 9.52 Å². The number of carbonyl (C=O) groups excluding carboxylic acids is 1. The standard InChI is InChI=1S/C19H20N4O4/c24-17(25)4-2-1-3-9-21-19(26)22-14-5-6-15-16(12-14)27-18(23-15)13-7-10-20-11-8-13/h5-8,10-12H,1-4,9H2,(H,24,25)(H2,21,22,26). The molecule has 0 spiro atoms. The van der Waals surface area contributed by atoms with Gasteiger partial charge in [0.25, 0.3) is 0 Å². The van der Waals surface area contributed by atoms with E-state index in [0.29, 0.717) is 35.6 Å². The van der Waals surface area contributed by atoms with Crippen LogP contribution in [0.5, 0.6) is 0 Å². The van der Waals surface area contributed by atoms with Gasteiger partial charge in [0.2, 0.25) is 5.89 Å². The fourth-order valence-corrected chi connectivity index (χ4v) is 2.58. The maximum Gasteiger partial charge on any atom is 0.319 e. The lowest BCUT2D eigenvalue weighted by Crippen LogP contribution is -2.29. The number of nitrogens with one attached hydrogen (secondary N) is 2. The highest BCUT2D eigenvalue weighted by Crippen LogP contribution is 2.25. The van der Waals surface area contributed by atoms with Gasteiger partial charge in [0, 0.05) is 42.7 Å². The molecule has 0 radical (unpaired) electrons. The molecular formula is C19H20N4O4. The van der Waals surface area contributed by atoms with Gasteiger partial charge in [-0.05, 0) is 37.1 Å². The number of rotatable bonds is 8. The number of hydrogen-bond donors (Lipinski definition) is 3. The van der Waals surface area contributed by atoms with E-state index in [1.807, 2.05) is 12.1 Å².